The predicted molar refractivity (Wildman–Crippen MR) is 120 cm³/mol. The number of nitrogens with zero attached hydrogens (tertiary/aromatic N) is 3. The Morgan fingerprint density at radius 1 is 1.13 bits per heavy atom. The number of thioether (sulfide) groups is 1. The first kappa shape index (κ1) is 20.1. The number of hydrogen-bond acceptors (Lipinski definition) is 7. The Kier molecular flexibility index (Phi) is 5.56. The van der Waals surface area contributed by atoms with Crippen molar-refractivity contribution in [3.8, 4) is 17.4 Å². The molecule has 1 fully saturated rings. The smallest absolute Gasteiger partial charge is 0.269 e. The molecule has 0 unspecified atom stereocenters. The van der Waals surface area contributed by atoms with Gasteiger partial charge in [0.1, 0.15) is 15.5 Å². The number of fused-ring (bicyclic) bond motifs is 1. The molecule has 30 heavy (non-hydrogen) atoms. The Balaban J connectivity index is 1.89. The largest absolute Gasteiger partial charge is 0.493 e. The van der Waals surface area contributed by atoms with Crippen LogP contribution in [-0.2, 0) is 4.79 Å². The third kappa shape index (κ3) is 3.57. The van der Waals surface area contributed by atoms with E-state index in [4.69, 9.17) is 21.7 Å². The summed E-state index contributed by atoms with van der Waals surface area (Å²) in [6.45, 7) is 2.30. The summed E-state index contributed by atoms with van der Waals surface area (Å²) in [6.07, 6.45) is 3.11. The van der Waals surface area contributed by atoms with E-state index in [0.29, 0.717) is 32.9 Å². The third-order valence-electron chi connectivity index (χ3n) is 4.48. The number of aromatic nitrogens is 2. The van der Waals surface area contributed by atoms with Gasteiger partial charge >= 0.3 is 0 Å². The number of benzene rings is 1. The molecule has 0 atom stereocenters. The maximum atomic E-state index is 13.2. The van der Waals surface area contributed by atoms with E-state index in [1.165, 1.54) is 22.5 Å². The zero-order chi connectivity index (χ0) is 21.3. The summed E-state index contributed by atoms with van der Waals surface area (Å²) in [5.74, 6) is 0.740. The SMILES string of the molecule is CCN1C(=O)C(=Cc2c(Oc3ccccc3OC)nc3ccccn3c2=O)SC1=S. The lowest BCUT2D eigenvalue weighted by molar-refractivity contribution is -0.121. The van der Waals surface area contributed by atoms with E-state index in [-0.39, 0.29) is 22.9 Å². The van der Waals surface area contributed by atoms with Crippen molar-refractivity contribution in [1.82, 2.24) is 14.3 Å². The van der Waals surface area contributed by atoms with E-state index in [1.54, 1.807) is 42.6 Å². The predicted octanol–water partition coefficient (Wildman–Crippen LogP) is 3.72. The van der Waals surface area contributed by atoms with E-state index in [9.17, 15) is 9.59 Å². The van der Waals surface area contributed by atoms with Crippen LogP contribution in [-0.4, -0.2) is 38.2 Å². The Bertz CT molecular complexity index is 1250. The molecular weight excluding hydrogens is 422 g/mol. The molecule has 4 rings (SSSR count). The first-order valence-corrected chi connectivity index (χ1v) is 10.3. The molecule has 0 aliphatic carbocycles. The molecule has 3 heterocycles. The summed E-state index contributed by atoms with van der Waals surface area (Å²) >= 11 is 6.42. The average molecular weight is 440 g/mol. The van der Waals surface area contributed by atoms with Crippen LogP contribution in [0.3, 0.4) is 0 Å². The highest BCUT2D eigenvalue weighted by atomic mass is 32.2. The number of ether oxygens (including phenoxy) is 2. The van der Waals surface area contributed by atoms with Crippen molar-refractivity contribution in [3.63, 3.8) is 0 Å². The normalized spacial score (nSPS) is 15.3. The van der Waals surface area contributed by atoms with Crippen molar-refractivity contribution in [2.75, 3.05) is 13.7 Å². The van der Waals surface area contributed by atoms with Crippen LogP contribution in [0.15, 0.2) is 58.4 Å². The van der Waals surface area contributed by atoms with Crippen LogP contribution in [0.4, 0.5) is 0 Å². The number of hydrogen-bond donors (Lipinski definition) is 0. The van der Waals surface area contributed by atoms with Gasteiger partial charge in [-0.05, 0) is 37.3 Å². The van der Waals surface area contributed by atoms with Gasteiger partial charge in [-0.3, -0.25) is 18.9 Å². The number of carbonyl (C=O) groups is 1. The van der Waals surface area contributed by atoms with Gasteiger partial charge in [-0.15, -0.1) is 0 Å². The molecule has 3 aromatic rings. The molecule has 7 nitrogen and oxygen atoms in total. The van der Waals surface area contributed by atoms with Crippen molar-refractivity contribution in [3.05, 3.63) is 69.5 Å². The van der Waals surface area contributed by atoms with Gasteiger partial charge in [0.25, 0.3) is 11.5 Å². The summed E-state index contributed by atoms with van der Waals surface area (Å²) < 4.78 is 13.2. The Morgan fingerprint density at radius 3 is 2.57 bits per heavy atom. The fraction of sp³-hybridized carbons (Fsp3) is 0.143. The molecule has 152 valence electrons. The Hall–Kier alpha value is -3.17. The van der Waals surface area contributed by atoms with Crippen LogP contribution >= 0.6 is 24.0 Å². The molecule has 0 bridgehead atoms. The fourth-order valence-electron chi connectivity index (χ4n) is 2.99. The number of amides is 1. The maximum absolute atomic E-state index is 13.2. The quantitative estimate of drug-likeness (QED) is 0.443. The van der Waals surface area contributed by atoms with Gasteiger partial charge in [-0.2, -0.15) is 4.98 Å². The van der Waals surface area contributed by atoms with Gasteiger partial charge in [0.2, 0.25) is 5.88 Å². The maximum Gasteiger partial charge on any atom is 0.269 e. The van der Waals surface area contributed by atoms with Crippen LogP contribution in [0.25, 0.3) is 11.7 Å². The first-order valence-electron chi connectivity index (χ1n) is 9.11. The first-order chi connectivity index (χ1) is 14.5. The molecule has 1 aromatic carbocycles. The minimum Gasteiger partial charge on any atom is -0.493 e. The second-order valence-electron chi connectivity index (χ2n) is 6.24. The summed E-state index contributed by atoms with van der Waals surface area (Å²) in [5.41, 5.74) is 0.221. The molecule has 9 heteroatoms. The van der Waals surface area contributed by atoms with Crippen molar-refractivity contribution >= 4 is 45.9 Å². The molecule has 1 saturated heterocycles. The minimum atomic E-state index is -0.354. The second kappa shape index (κ2) is 8.29. The van der Waals surface area contributed by atoms with Gasteiger partial charge in [0.05, 0.1) is 12.0 Å². The van der Waals surface area contributed by atoms with E-state index >= 15 is 0 Å². The van der Waals surface area contributed by atoms with Gasteiger partial charge in [-0.1, -0.05) is 42.2 Å². The highest BCUT2D eigenvalue weighted by Crippen LogP contribution is 2.35. The monoisotopic (exact) mass is 439 g/mol. The number of methoxy groups -OCH3 is 1. The van der Waals surface area contributed by atoms with Gasteiger partial charge in [0, 0.05) is 12.7 Å². The summed E-state index contributed by atoms with van der Waals surface area (Å²) in [7, 11) is 1.53. The molecule has 2 aromatic heterocycles. The molecule has 0 saturated carbocycles. The molecule has 1 aliphatic heterocycles. The molecule has 0 radical (unpaired) electrons. The van der Waals surface area contributed by atoms with Crippen LogP contribution in [0.2, 0.25) is 0 Å². The van der Waals surface area contributed by atoms with E-state index in [1.807, 2.05) is 13.0 Å². The molecule has 1 aliphatic rings. The summed E-state index contributed by atoms with van der Waals surface area (Å²) in [4.78, 5) is 32.2. The van der Waals surface area contributed by atoms with E-state index in [2.05, 4.69) is 4.98 Å². The third-order valence-corrected chi connectivity index (χ3v) is 5.85. The Labute approximate surface area is 181 Å². The Morgan fingerprint density at radius 2 is 1.87 bits per heavy atom. The molecular formula is C21H17N3O4S2. The molecule has 1 amide bonds. The fourth-order valence-corrected chi connectivity index (χ4v) is 4.36. The van der Waals surface area contributed by atoms with Crippen molar-refractivity contribution in [2.45, 2.75) is 6.92 Å². The summed E-state index contributed by atoms with van der Waals surface area (Å²) in [6, 6.07) is 12.3. The van der Waals surface area contributed by atoms with Gasteiger partial charge < -0.3 is 9.47 Å². The highest BCUT2D eigenvalue weighted by molar-refractivity contribution is 8.26. The number of para-hydroxylation sites is 2. The number of likely N-dealkylation sites (N-methyl/N-ethyl adjacent to an activating group) is 1. The lowest BCUT2D eigenvalue weighted by Gasteiger charge is -2.12. The van der Waals surface area contributed by atoms with Crippen molar-refractivity contribution in [2.24, 2.45) is 0 Å². The summed E-state index contributed by atoms with van der Waals surface area (Å²) in [5, 5.41) is 0. The standard InChI is InChI=1S/C21H17N3O4S2/c1-3-23-20(26)16(30-21(23)29)12-13-18(28-15-9-5-4-8-14(15)27-2)22-17-10-6-7-11-24(17)19(13)25/h4-12H,3H2,1-2H3. The number of pyridine rings is 1. The topological polar surface area (TPSA) is 73.1 Å². The van der Waals surface area contributed by atoms with Gasteiger partial charge in [-0.25, -0.2) is 0 Å². The zero-order valence-corrected chi connectivity index (χ0v) is 17.8. The number of thiocarbonyl (C=S) groups is 1. The van der Waals surface area contributed by atoms with Crippen LogP contribution in [0, 0.1) is 0 Å². The average Bonchev–Trinajstić information content (AvgIpc) is 3.03. The molecule has 0 spiro atoms. The van der Waals surface area contributed by atoms with Crippen LogP contribution < -0.4 is 15.0 Å². The lowest BCUT2D eigenvalue weighted by atomic mass is 10.2. The minimum absolute atomic E-state index is 0.0810. The second-order valence-corrected chi connectivity index (χ2v) is 7.92. The van der Waals surface area contributed by atoms with Crippen LogP contribution in [0.1, 0.15) is 12.5 Å². The van der Waals surface area contributed by atoms with Crippen molar-refractivity contribution < 1.29 is 14.3 Å². The molecule has 0 N–H and O–H groups in total. The number of rotatable bonds is 5. The van der Waals surface area contributed by atoms with Gasteiger partial charge in [0.15, 0.2) is 11.5 Å². The zero-order valence-electron chi connectivity index (χ0n) is 16.2. The van der Waals surface area contributed by atoms with Crippen LogP contribution in [0.5, 0.6) is 17.4 Å². The van der Waals surface area contributed by atoms with E-state index in [0.717, 1.165) is 11.8 Å². The van der Waals surface area contributed by atoms with E-state index < -0.39 is 0 Å². The highest BCUT2D eigenvalue weighted by Gasteiger charge is 2.31. The number of carbonyl (C=O) groups excluding carboxylic acids is 1. The van der Waals surface area contributed by atoms with Crippen molar-refractivity contribution in [1.29, 1.82) is 0 Å². The lowest BCUT2D eigenvalue weighted by Crippen LogP contribution is -2.27.